The molecular formula is C21H26N2O3. The topological polar surface area (TPSA) is 75.3 Å². The van der Waals surface area contributed by atoms with E-state index in [4.69, 9.17) is 0 Å². The molecule has 1 aromatic carbocycles. The molecule has 0 aromatic heterocycles. The largest absolute Gasteiger partial charge is 0.352 e. The summed E-state index contributed by atoms with van der Waals surface area (Å²) in [5.41, 5.74) is 2.93. The maximum absolute atomic E-state index is 12.1. The first-order chi connectivity index (χ1) is 12.5. The molecular weight excluding hydrogens is 328 g/mol. The third-order valence-electron chi connectivity index (χ3n) is 4.38. The summed E-state index contributed by atoms with van der Waals surface area (Å²) in [6.45, 7) is 3.70. The van der Waals surface area contributed by atoms with Crippen LogP contribution >= 0.6 is 0 Å². The molecule has 0 heterocycles. The van der Waals surface area contributed by atoms with Crippen molar-refractivity contribution >= 4 is 23.3 Å². The van der Waals surface area contributed by atoms with Crippen molar-refractivity contribution in [3.05, 3.63) is 53.1 Å². The van der Waals surface area contributed by atoms with E-state index in [1.807, 2.05) is 0 Å². The van der Waals surface area contributed by atoms with Crippen molar-refractivity contribution in [1.82, 2.24) is 5.32 Å². The molecule has 0 saturated heterocycles. The van der Waals surface area contributed by atoms with Crippen LogP contribution in [0.5, 0.6) is 0 Å². The van der Waals surface area contributed by atoms with Gasteiger partial charge in [0.2, 0.25) is 11.8 Å². The number of ketones is 1. The Bertz CT molecular complexity index is 730. The monoisotopic (exact) mass is 354 g/mol. The molecule has 1 aromatic rings. The number of hydrogen-bond donors (Lipinski definition) is 2. The third-order valence-corrected chi connectivity index (χ3v) is 4.38. The lowest BCUT2D eigenvalue weighted by molar-refractivity contribution is -0.118. The molecule has 1 aliphatic carbocycles. The van der Waals surface area contributed by atoms with E-state index in [9.17, 15) is 14.4 Å². The molecule has 2 N–H and O–H groups in total. The van der Waals surface area contributed by atoms with Gasteiger partial charge in [0, 0.05) is 29.4 Å². The van der Waals surface area contributed by atoms with Gasteiger partial charge in [0.1, 0.15) is 0 Å². The Morgan fingerprint density at radius 2 is 1.81 bits per heavy atom. The van der Waals surface area contributed by atoms with Gasteiger partial charge in [-0.2, -0.15) is 0 Å². The van der Waals surface area contributed by atoms with E-state index in [-0.39, 0.29) is 17.6 Å². The van der Waals surface area contributed by atoms with Gasteiger partial charge in [-0.25, -0.2) is 0 Å². The number of allylic oxidation sites excluding steroid dienone is 1. The van der Waals surface area contributed by atoms with Gasteiger partial charge in [0.05, 0.1) is 0 Å². The molecule has 5 heteroatoms. The second kappa shape index (κ2) is 9.70. The zero-order valence-corrected chi connectivity index (χ0v) is 15.4. The van der Waals surface area contributed by atoms with Crippen LogP contribution in [0.1, 0.15) is 56.3 Å². The second-order valence-corrected chi connectivity index (χ2v) is 6.56. The van der Waals surface area contributed by atoms with Crippen LogP contribution in [0.4, 0.5) is 5.69 Å². The third kappa shape index (κ3) is 6.31. The Morgan fingerprint density at radius 3 is 2.42 bits per heavy atom. The predicted octanol–water partition coefficient (Wildman–Crippen LogP) is 3.78. The highest BCUT2D eigenvalue weighted by atomic mass is 16.2. The molecule has 26 heavy (non-hydrogen) atoms. The molecule has 5 nitrogen and oxygen atoms in total. The summed E-state index contributed by atoms with van der Waals surface area (Å²) in [5.74, 6) is -0.633. The molecule has 1 aliphatic rings. The highest BCUT2D eigenvalue weighted by Gasteiger charge is 2.08. The number of benzene rings is 1. The SMILES string of the molecule is CC(=O)c1ccc(NC(=O)/C=C(/C)C(=O)NCCC2=CCCCC2)cc1. The first-order valence-electron chi connectivity index (χ1n) is 9.02. The Hall–Kier alpha value is -2.69. The predicted molar refractivity (Wildman–Crippen MR) is 103 cm³/mol. The molecule has 2 amide bonds. The van der Waals surface area contributed by atoms with Crippen LogP contribution in [0, 0.1) is 0 Å². The van der Waals surface area contributed by atoms with Crippen LogP contribution in [-0.2, 0) is 9.59 Å². The lowest BCUT2D eigenvalue weighted by Gasteiger charge is -2.13. The zero-order valence-electron chi connectivity index (χ0n) is 15.4. The van der Waals surface area contributed by atoms with Crippen LogP contribution in [0.2, 0.25) is 0 Å². The number of nitrogens with one attached hydrogen (secondary N) is 2. The Kier molecular flexibility index (Phi) is 7.33. The smallest absolute Gasteiger partial charge is 0.248 e. The first-order valence-corrected chi connectivity index (χ1v) is 9.02. The molecule has 0 fully saturated rings. The van der Waals surface area contributed by atoms with Crippen LogP contribution in [0.15, 0.2) is 47.6 Å². The fraction of sp³-hybridized carbons (Fsp3) is 0.381. The number of amides is 2. The minimum absolute atomic E-state index is 0.0284. The van der Waals surface area contributed by atoms with Crippen LogP contribution < -0.4 is 10.6 Å². The van der Waals surface area contributed by atoms with E-state index >= 15 is 0 Å². The number of Topliss-reactive ketones (excluding diaryl/α,β-unsaturated/α-hetero) is 1. The highest BCUT2D eigenvalue weighted by molar-refractivity contribution is 6.06. The molecule has 2 rings (SSSR count). The first kappa shape index (κ1) is 19.6. The molecule has 0 radical (unpaired) electrons. The van der Waals surface area contributed by atoms with Gasteiger partial charge in [0.15, 0.2) is 5.78 Å². The Morgan fingerprint density at radius 1 is 1.08 bits per heavy atom. The number of carbonyl (C=O) groups excluding carboxylic acids is 3. The normalized spacial score (nSPS) is 14.4. The number of anilines is 1. The standard InChI is InChI=1S/C21H26N2O3/c1-15(21(26)22-13-12-17-6-4-3-5-7-17)14-20(25)23-19-10-8-18(9-11-19)16(2)24/h6,8-11,14H,3-5,7,12-13H2,1-2H3,(H,22,26)(H,23,25)/b15-14-. The van der Waals surface area contributed by atoms with Crippen molar-refractivity contribution in [1.29, 1.82) is 0 Å². The Balaban J connectivity index is 1.80. The summed E-state index contributed by atoms with van der Waals surface area (Å²) >= 11 is 0. The fourth-order valence-electron chi connectivity index (χ4n) is 2.84. The average molecular weight is 354 g/mol. The lowest BCUT2D eigenvalue weighted by atomic mass is 9.97. The van der Waals surface area contributed by atoms with Gasteiger partial charge in [-0.05, 0) is 70.2 Å². The van der Waals surface area contributed by atoms with E-state index in [0.717, 1.165) is 19.3 Å². The van der Waals surface area contributed by atoms with Gasteiger partial charge in [-0.15, -0.1) is 0 Å². The van der Waals surface area contributed by atoms with Crippen molar-refractivity contribution in [2.24, 2.45) is 0 Å². The van der Waals surface area contributed by atoms with Crippen molar-refractivity contribution in [3.8, 4) is 0 Å². The van der Waals surface area contributed by atoms with Crippen LogP contribution in [0.3, 0.4) is 0 Å². The minimum atomic E-state index is -0.372. The quantitative estimate of drug-likeness (QED) is 0.444. The van der Waals surface area contributed by atoms with Crippen LogP contribution in [-0.4, -0.2) is 24.1 Å². The number of hydrogen-bond acceptors (Lipinski definition) is 3. The summed E-state index contributed by atoms with van der Waals surface area (Å²) in [4.78, 5) is 35.3. The van der Waals surface area contributed by atoms with Crippen LogP contribution in [0.25, 0.3) is 0 Å². The summed E-state index contributed by atoms with van der Waals surface area (Å²) in [6.07, 6.45) is 9.16. The molecule has 138 valence electrons. The summed E-state index contributed by atoms with van der Waals surface area (Å²) in [5, 5.41) is 5.54. The van der Waals surface area contributed by atoms with E-state index in [1.54, 1.807) is 31.2 Å². The maximum atomic E-state index is 12.1. The highest BCUT2D eigenvalue weighted by Crippen LogP contribution is 2.19. The maximum Gasteiger partial charge on any atom is 0.248 e. The Labute approximate surface area is 154 Å². The average Bonchev–Trinajstić information content (AvgIpc) is 2.62. The molecule has 0 spiro atoms. The van der Waals surface area contributed by atoms with Crippen molar-refractivity contribution in [2.45, 2.75) is 46.0 Å². The van der Waals surface area contributed by atoms with Gasteiger partial charge in [-0.1, -0.05) is 11.6 Å². The molecule has 0 aliphatic heterocycles. The van der Waals surface area contributed by atoms with E-state index in [1.165, 1.54) is 31.4 Å². The van der Waals surface area contributed by atoms with Gasteiger partial charge in [-0.3, -0.25) is 14.4 Å². The molecule has 0 saturated carbocycles. The van der Waals surface area contributed by atoms with Gasteiger partial charge < -0.3 is 10.6 Å². The van der Waals surface area contributed by atoms with Gasteiger partial charge in [0.25, 0.3) is 0 Å². The second-order valence-electron chi connectivity index (χ2n) is 6.56. The van der Waals surface area contributed by atoms with Crippen molar-refractivity contribution in [2.75, 3.05) is 11.9 Å². The zero-order chi connectivity index (χ0) is 18.9. The summed E-state index contributed by atoms with van der Waals surface area (Å²) in [7, 11) is 0. The van der Waals surface area contributed by atoms with E-state index in [0.29, 0.717) is 23.4 Å². The fourth-order valence-corrected chi connectivity index (χ4v) is 2.84. The van der Waals surface area contributed by atoms with Gasteiger partial charge >= 0.3 is 0 Å². The molecule has 0 unspecified atom stereocenters. The molecule has 0 atom stereocenters. The van der Waals surface area contributed by atoms with E-state index < -0.39 is 0 Å². The van der Waals surface area contributed by atoms with Crippen molar-refractivity contribution in [3.63, 3.8) is 0 Å². The lowest BCUT2D eigenvalue weighted by Crippen LogP contribution is -2.26. The molecule has 0 bridgehead atoms. The summed E-state index contributed by atoms with van der Waals surface area (Å²) in [6, 6.07) is 6.63. The minimum Gasteiger partial charge on any atom is -0.352 e. The number of carbonyl (C=O) groups is 3. The summed E-state index contributed by atoms with van der Waals surface area (Å²) < 4.78 is 0. The van der Waals surface area contributed by atoms with E-state index in [2.05, 4.69) is 16.7 Å². The van der Waals surface area contributed by atoms with Crippen molar-refractivity contribution < 1.29 is 14.4 Å². The number of rotatable bonds is 7.